The van der Waals surface area contributed by atoms with E-state index in [-0.39, 0.29) is 17.9 Å². The number of hydrogen-bond acceptors (Lipinski definition) is 4. The average molecular weight is 460 g/mol. The molecule has 0 saturated carbocycles. The molecule has 7 nitrogen and oxygen atoms in total. The van der Waals surface area contributed by atoms with Gasteiger partial charge in [0.25, 0.3) is 5.91 Å². The summed E-state index contributed by atoms with van der Waals surface area (Å²) in [6.45, 7) is 5.32. The first-order valence-corrected chi connectivity index (χ1v) is 9.58. The van der Waals surface area contributed by atoms with Gasteiger partial charge in [-0.3, -0.25) is 9.59 Å². The maximum atomic E-state index is 13.9. The summed E-state index contributed by atoms with van der Waals surface area (Å²) in [6.07, 6.45) is 0. The fourth-order valence-electron chi connectivity index (χ4n) is 2.70. The lowest BCUT2D eigenvalue weighted by molar-refractivity contribution is -0.117. The molecule has 0 unspecified atom stereocenters. The van der Waals surface area contributed by atoms with Gasteiger partial charge in [0.05, 0.1) is 11.4 Å². The number of halogens is 2. The number of carbonyl (C=O) groups excluding carboxylic acids is 2. The summed E-state index contributed by atoms with van der Waals surface area (Å²) in [4.78, 5) is 24.8. The molecule has 0 bridgehead atoms. The molecule has 0 radical (unpaired) electrons. The molecule has 3 aromatic rings. The lowest BCUT2D eigenvalue weighted by Gasteiger charge is -2.10. The minimum Gasteiger partial charge on any atom is -0.322 e. The van der Waals surface area contributed by atoms with E-state index in [0.717, 1.165) is 11.1 Å². The Morgan fingerprint density at radius 1 is 1.10 bits per heavy atom. The topological polar surface area (TPSA) is 88.9 Å². The number of nitrogens with zero attached hydrogens (tertiary/aromatic N) is 3. The zero-order valence-corrected chi connectivity index (χ0v) is 17.7. The molecule has 2 N–H and O–H groups in total. The number of benzene rings is 2. The molecule has 150 valence electrons. The van der Waals surface area contributed by atoms with Crippen LogP contribution in [-0.2, 0) is 11.3 Å². The molecule has 2 amide bonds. The Bertz CT molecular complexity index is 1100. The van der Waals surface area contributed by atoms with Crippen LogP contribution in [0, 0.1) is 26.6 Å². The molecular weight excluding hydrogens is 441 g/mol. The van der Waals surface area contributed by atoms with Crippen molar-refractivity contribution in [2.45, 2.75) is 27.3 Å². The number of carbonyl (C=O) groups is 2. The highest BCUT2D eigenvalue weighted by Gasteiger charge is 2.19. The smallest absolute Gasteiger partial charge is 0.278 e. The average Bonchev–Trinajstić information content (AvgIpc) is 3.02. The number of nitrogens with one attached hydrogen (secondary N) is 2. The van der Waals surface area contributed by atoms with Gasteiger partial charge >= 0.3 is 0 Å². The van der Waals surface area contributed by atoms with E-state index in [4.69, 9.17) is 0 Å². The fourth-order valence-corrected chi connectivity index (χ4v) is 3.04. The van der Waals surface area contributed by atoms with Crippen LogP contribution in [0.15, 0.2) is 40.9 Å². The minimum absolute atomic E-state index is 0.0591. The number of aromatic nitrogens is 3. The van der Waals surface area contributed by atoms with Gasteiger partial charge < -0.3 is 10.6 Å². The predicted octanol–water partition coefficient (Wildman–Crippen LogP) is 4.00. The van der Waals surface area contributed by atoms with E-state index in [1.165, 1.54) is 16.8 Å². The van der Waals surface area contributed by atoms with Crippen LogP contribution in [0.3, 0.4) is 0 Å². The zero-order valence-electron chi connectivity index (χ0n) is 16.1. The third kappa shape index (κ3) is 4.68. The molecule has 1 heterocycles. The Hall–Kier alpha value is -3.07. The molecule has 0 fully saturated rings. The van der Waals surface area contributed by atoms with E-state index in [1.807, 2.05) is 26.0 Å². The molecule has 2 aromatic carbocycles. The first kappa shape index (κ1) is 20.7. The summed E-state index contributed by atoms with van der Waals surface area (Å²) in [5.74, 6) is -1.46. The van der Waals surface area contributed by atoms with Crippen molar-refractivity contribution < 1.29 is 14.0 Å². The maximum absolute atomic E-state index is 13.9. The summed E-state index contributed by atoms with van der Waals surface area (Å²) in [5, 5.41) is 13.1. The molecule has 29 heavy (non-hydrogen) atoms. The van der Waals surface area contributed by atoms with Crippen molar-refractivity contribution in [3.05, 3.63) is 69.2 Å². The van der Waals surface area contributed by atoms with Gasteiger partial charge in [-0.25, -0.2) is 9.07 Å². The summed E-state index contributed by atoms with van der Waals surface area (Å²) in [6, 6.07) is 9.95. The van der Waals surface area contributed by atoms with Crippen molar-refractivity contribution in [3.63, 3.8) is 0 Å². The van der Waals surface area contributed by atoms with E-state index in [2.05, 4.69) is 36.9 Å². The Balaban J connectivity index is 1.70. The Morgan fingerprint density at radius 2 is 1.86 bits per heavy atom. The molecule has 1 aromatic heterocycles. The number of amides is 2. The largest absolute Gasteiger partial charge is 0.322 e. The summed E-state index contributed by atoms with van der Waals surface area (Å²) >= 11 is 3.16. The van der Waals surface area contributed by atoms with E-state index in [9.17, 15) is 14.0 Å². The quantitative estimate of drug-likeness (QED) is 0.603. The molecule has 9 heteroatoms. The highest BCUT2D eigenvalue weighted by molar-refractivity contribution is 9.10. The van der Waals surface area contributed by atoms with Gasteiger partial charge in [0.1, 0.15) is 12.4 Å². The predicted molar refractivity (Wildman–Crippen MR) is 111 cm³/mol. The van der Waals surface area contributed by atoms with Crippen molar-refractivity contribution in [1.82, 2.24) is 15.0 Å². The third-order valence-corrected chi connectivity index (χ3v) is 5.04. The molecule has 0 atom stereocenters. The van der Waals surface area contributed by atoms with Crippen molar-refractivity contribution in [1.29, 1.82) is 0 Å². The molecule has 0 aliphatic carbocycles. The fraction of sp³-hybridized carbons (Fsp3) is 0.200. The molecular formula is C20H19BrFN5O2. The van der Waals surface area contributed by atoms with Crippen molar-refractivity contribution >= 4 is 39.1 Å². The Labute approximate surface area is 175 Å². The molecule has 0 aliphatic rings. The summed E-state index contributed by atoms with van der Waals surface area (Å²) in [7, 11) is 0. The first-order valence-electron chi connectivity index (χ1n) is 8.79. The third-order valence-electron chi connectivity index (χ3n) is 4.55. The van der Waals surface area contributed by atoms with E-state index in [1.54, 1.807) is 19.1 Å². The minimum atomic E-state index is -0.559. The Kier molecular flexibility index (Phi) is 6.07. The second-order valence-corrected chi connectivity index (χ2v) is 7.47. The molecule has 0 aliphatic heterocycles. The van der Waals surface area contributed by atoms with Gasteiger partial charge in [-0.1, -0.05) is 33.3 Å². The molecule has 0 saturated heterocycles. The number of aryl methyl sites for hydroxylation is 1. The highest BCUT2D eigenvalue weighted by atomic mass is 79.9. The SMILES string of the molecule is Cc1cccc(NC(=O)c2nnn(CC(=O)Nc3ccc(Br)cc3F)c2C)c1C. The lowest BCUT2D eigenvalue weighted by atomic mass is 10.1. The van der Waals surface area contributed by atoms with Crippen LogP contribution >= 0.6 is 15.9 Å². The first-order chi connectivity index (χ1) is 13.8. The van der Waals surface area contributed by atoms with Crippen LogP contribution in [-0.4, -0.2) is 26.8 Å². The number of rotatable bonds is 5. The molecule has 0 spiro atoms. The van der Waals surface area contributed by atoms with Gasteiger partial charge in [-0.2, -0.15) is 0 Å². The van der Waals surface area contributed by atoms with Crippen LogP contribution in [0.2, 0.25) is 0 Å². The van der Waals surface area contributed by atoms with E-state index in [0.29, 0.717) is 15.9 Å². The standard InChI is InChI=1S/C20H19BrFN5O2/c1-11-5-4-6-16(12(11)2)24-20(29)19-13(3)27(26-25-19)10-18(28)23-17-8-7-14(21)9-15(17)22/h4-9H,10H2,1-3H3,(H,23,28)(H,24,29). The number of hydrogen-bond donors (Lipinski definition) is 2. The van der Waals surface area contributed by atoms with Gasteiger partial charge in [0.15, 0.2) is 5.69 Å². The number of anilines is 2. The summed E-state index contributed by atoms with van der Waals surface area (Å²) < 4.78 is 15.7. The Morgan fingerprint density at radius 3 is 2.59 bits per heavy atom. The normalized spacial score (nSPS) is 10.7. The molecule has 3 rings (SSSR count). The summed E-state index contributed by atoms with van der Waals surface area (Å²) in [5.41, 5.74) is 3.31. The zero-order chi connectivity index (χ0) is 21.1. The maximum Gasteiger partial charge on any atom is 0.278 e. The lowest BCUT2D eigenvalue weighted by Crippen LogP contribution is -2.21. The van der Waals surface area contributed by atoms with Gasteiger partial charge in [-0.15, -0.1) is 5.10 Å². The van der Waals surface area contributed by atoms with Crippen LogP contribution < -0.4 is 10.6 Å². The second kappa shape index (κ2) is 8.52. The van der Waals surface area contributed by atoms with Gasteiger partial charge in [-0.05, 0) is 56.2 Å². The van der Waals surface area contributed by atoms with E-state index < -0.39 is 17.6 Å². The van der Waals surface area contributed by atoms with Crippen LogP contribution in [0.25, 0.3) is 0 Å². The van der Waals surface area contributed by atoms with Crippen LogP contribution in [0.4, 0.5) is 15.8 Å². The van der Waals surface area contributed by atoms with Gasteiger partial charge in [0, 0.05) is 10.2 Å². The highest BCUT2D eigenvalue weighted by Crippen LogP contribution is 2.20. The van der Waals surface area contributed by atoms with Gasteiger partial charge in [0.2, 0.25) is 5.91 Å². The van der Waals surface area contributed by atoms with Crippen molar-refractivity contribution in [2.75, 3.05) is 10.6 Å². The van der Waals surface area contributed by atoms with Crippen molar-refractivity contribution in [2.24, 2.45) is 0 Å². The monoisotopic (exact) mass is 459 g/mol. The van der Waals surface area contributed by atoms with E-state index >= 15 is 0 Å². The second-order valence-electron chi connectivity index (χ2n) is 6.56. The van der Waals surface area contributed by atoms with Crippen molar-refractivity contribution in [3.8, 4) is 0 Å². The van der Waals surface area contributed by atoms with Crippen LogP contribution in [0.5, 0.6) is 0 Å². The van der Waals surface area contributed by atoms with Crippen LogP contribution in [0.1, 0.15) is 27.3 Å².